The molecule has 0 aliphatic carbocycles. The molecule has 0 spiro atoms. The molecule has 0 radical (unpaired) electrons. The van der Waals surface area contributed by atoms with E-state index in [0.717, 1.165) is 17.9 Å². The highest BCUT2D eigenvalue weighted by atomic mass is 16.6. The summed E-state index contributed by atoms with van der Waals surface area (Å²) < 4.78 is 5.34. The second kappa shape index (κ2) is 5.49. The molecule has 114 valence electrons. The highest BCUT2D eigenvalue weighted by molar-refractivity contribution is 6.10. The second-order valence-electron chi connectivity index (χ2n) is 5.11. The molecule has 6 heteroatoms. The lowest BCUT2D eigenvalue weighted by atomic mass is 10.0. The summed E-state index contributed by atoms with van der Waals surface area (Å²) in [5, 5.41) is 11.1. The van der Waals surface area contributed by atoms with E-state index in [4.69, 9.17) is 4.42 Å². The van der Waals surface area contributed by atoms with E-state index in [1.54, 1.807) is 18.2 Å². The maximum atomic E-state index is 12.5. The van der Waals surface area contributed by atoms with Gasteiger partial charge in [-0.25, -0.2) is 0 Å². The van der Waals surface area contributed by atoms with Gasteiger partial charge < -0.3 is 4.42 Å². The van der Waals surface area contributed by atoms with Crippen molar-refractivity contribution in [1.29, 1.82) is 0 Å². The number of nitrogens with zero attached hydrogens (tertiary/aromatic N) is 1. The third-order valence-electron chi connectivity index (χ3n) is 3.49. The number of carbonyl (C=O) groups is 1. The van der Waals surface area contributed by atoms with E-state index in [2.05, 4.69) is 0 Å². The van der Waals surface area contributed by atoms with Gasteiger partial charge in [-0.05, 0) is 19.1 Å². The van der Waals surface area contributed by atoms with E-state index in [1.807, 2.05) is 6.92 Å². The van der Waals surface area contributed by atoms with Crippen LogP contribution in [0, 0.1) is 17.0 Å². The van der Waals surface area contributed by atoms with Crippen molar-refractivity contribution in [3.8, 4) is 0 Å². The molecule has 0 bridgehead atoms. The molecule has 0 saturated heterocycles. The number of benzene rings is 2. The van der Waals surface area contributed by atoms with Crippen molar-refractivity contribution in [3.63, 3.8) is 0 Å². The topological polar surface area (TPSA) is 90.4 Å². The molecule has 0 amide bonds. The molecule has 0 aliphatic rings. The Morgan fingerprint density at radius 3 is 2.70 bits per heavy atom. The van der Waals surface area contributed by atoms with Gasteiger partial charge in [0.05, 0.1) is 10.3 Å². The minimum absolute atomic E-state index is 0.0681. The van der Waals surface area contributed by atoms with Crippen LogP contribution in [0.4, 0.5) is 5.69 Å². The van der Waals surface area contributed by atoms with Crippen LogP contribution in [0.3, 0.4) is 0 Å². The first-order valence-electron chi connectivity index (χ1n) is 6.78. The van der Waals surface area contributed by atoms with Gasteiger partial charge in [0.1, 0.15) is 17.4 Å². The minimum atomic E-state index is -0.606. The number of ketones is 1. The highest BCUT2D eigenvalue weighted by Gasteiger charge is 2.18. The molecule has 1 heterocycles. The SMILES string of the molecule is Cc1ccc2occ(C(=O)c3cccc([N+](=O)[O-])c3)c(=O)c2c1. The van der Waals surface area contributed by atoms with Crippen molar-refractivity contribution in [2.45, 2.75) is 6.92 Å². The fraction of sp³-hybridized carbons (Fsp3) is 0.0588. The molecule has 0 N–H and O–H groups in total. The van der Waals surface area contributed by atoms with Crippen LogP contribution in [-0.2, 0) is 0 Å². The average molecular weight is 309 g/mol. The zero-order valence-corrected chi connectivity index (χ0v) is 12.1. The van der Waals surface area contributed by atoms with Crippen molar-refractivity contribution in [3.05, 3.63) is 85.8 Å². The van der Waals surface area contributed by atoms with Crippen molar-refractivity contribution in [1.82, 2.24) is 0 Å². The lowest BCUT2D eigenvalue weighted by molar-refractivity contribution is -0.384. The summed E-state index contributed by atoms with van der Waals surface area (Å²) in [5.41, 5.74) is 0.506. The standard InChI is InChI=1S/C17H11NO5/c1-10-5-6-15-13(7-10)17(20)14(9-23-15)16(19)11-3-2-4-12(8-11)18(21)22/h2-9H,1H3. The van der Waals surface area contributed by atoms with Crippen molar-refractivity contribution < 1.29 is 14.1 Å². The monoisotopic (exact) mass is 309 g/mol. The summed E-state index contributed by atoms with van der Waals surface area (Å²) in [5.74, 6) is -0.606. The molecule has 1 aromatic heterocycles. The summed E-state index contributed by atoms with van der Waals surface area (Å²) >= 11 is 0. The van der Waals surface area contributed by atoms with Crippen LogP contribution in [-0.4, -0.2) is 10.7 Å². The van der Waals surface area contributed by atoms with E-state index < -0.39 is 16.1 Å². The zero-order valence-electron chi connectivity index (χ0n) is 12.1. The summed E-state index contributed by atoms with van der Waals surface area (Å²) in [4.78, 5) is 35.2. The molecular formula is C17H11NO5. The Bertz CT molecular complexity index is 1000. The third-order valence-corrected chi connectivity index (χ3v) is 3.49. The molecule has 3 rings (SSSR count). The van der Waals surface area contributed by atoms with Gasteiger partial charge in [-0.3, -0.25) is 19.7 Å². The number of fused-ring (bicyclic) bond motifs is 1. The van der Waals surface area contributed by atoms with Crippen molar-refractivity contribution >= 4 is 22.4 Å². The smallest absolute Gasteiger partial charge is 0.270 e. The predicted molar refractivity (Wildman–Crippen MR) is 83.7 cm³/mol. The normalized spacial score (nSPS) is 10.7. The third kappa shape index (κ3) is 2.62. The molecule has 0 unspecified atom stereocenters. The highest BCUT2D eigenvalue weighted by Crippen LogP contribution is 2.18. The molecule has 6 nitrogen and oxygen atoms in total. The molecule has 2 aromatic carbocycles. The van der Waals surface area contributed by atoms with Gasteiger partial charge in [0, 0.05) is 17.7 Å². The molecule has 0 atom stereocenters. The molecule has 0 saturated carbocycles. The molecule has 0 fully saturated rings. The lowest BCUT2D eigenvalue weighted by Gasteiger charge is -2.03. The minimum Gasteiger partial charge on any atom is -0.463 e. The number of nitro benzene ring substituents is 1. The summed E-state index contributed by atoms with van der Waals surface area (Å²) in [7, 11) is 0. The van der Waals surface area contributed by atoms with Crippen molar-refractivity contribution in [2.75, 3.05) is 0 Å². The van der Waals surface area contributed by atoms with Crippen LogP contribution in [0.2, 0.25) is 0 Å². The van der Waals surface area contributed by atoms with Gasteiger partial charge in [-0.1, -0.05) is 23.8 Å². The fourth-order valence-electron chi connectivity index (χ4n) is 2.32. The Kier molecular flexibility index (Phi) is 3.50. The Morgan fingerprint density at radius 2 is 1.96 bits per heavy atom. The number of nitro groups is 1. The van der Waals surface area contributed by atoms with Crippen LogP contribution in [0.5, 0.6) is 0 Å². The summed E-state index contributed by atoms with van der Waals surface area (Å²) in [6.45, 7) is 1.83. The van der Waals surface area contributed by atoms with Crippen molar-refractivity contribution in [2.24, 2.45) is 0 Å². The average Bonchev–Trinajstić information content (AvgIpc) is 2.55. The van der Waals surface area contributed by atoms with Gasteiger partial charge in [0.25, 0.3) is 5.69 Å². The Hall–Kier alpha value is -3.28. The summed E-state index contributed by atoms with van der Waals surface area (Å²) in [6.07, 6.45) is 1.10. The quantitative estimate of drug-likeness (QED) is 0.421. The number of hydrogen-bond donors (Lipinski definition) is 0. The van der Waals surface area contributed by atoms with E-state index in [-0.39, 0.29) is 16.8 Å². The summed E-state index contributed by atoms with van der Waals surface area (Å²) in [6, 6.07) is 10.4. The van der Waals surface area contributed by atoms with E-state index in [1.165, 1.54) is 18.2 Å². The first-order valence-corrected chi connectivity index (χ1v) is 6.78. The first kappa shape index (κ1) is 14.6. The zero-order chi connectivity index (χ0) is 16.6. The van der Waals surface area contributed by atoms with Crippen LogP contribution >= 0.6 is 0 Å². The van der Waals surface area contributed by atoms with Crippen LogP contribution < -0.4 is 5.43 Å². The number of hydrogen-bond acceptors (Lipinski definition) is 5. The maximum Gasteiger partial charge on any atom is 0.270 e. The largest absolute Gasteiger partial charge is 0.463 e. The number of aryl methyl sites for hydroxylation is 1. The predicted octanol–water partition coefficient (Wildman–Crippen LogP) is 3.24. The fourth-order valence-corrected chi connectivity index (χ4v) is 2.32. The van der Waals surface area contributed by atoms with Gasteiger partial charge in [0.2, 0.25) is 5.43 Å². The number of non-ortho nitro benzene ring substituents is 1. The second-order valence-corrected chi connectivity index (χ2v) is 5.11. The molecule has 3 aromatic rings. The van der Waals surface area contributed by atoms with Gasteiger partial charge in [-0.15, -0.1) is 0 Å². The lowest BCUT2D eigenvalue weighted by Crippen LogP contribution is -2.15. The molecule has 23 heavy (non-hydrogen) atoms. The van der Waals surface area contributed by atoms with Gasteiger partial charge >= 0.3 is 0 Å². The Labute approximate surface area is 130 Å². The van der Waals surface area contributed by atoms with Crippen LogP contribution in [0.1, 0.15) is 21.5 Å². The van der Waals surface area contributed by atoms with E-state index in [0.29, 0.717) is 11.0 Å². The number of carbonyl (C=O) groups excluding carboxylic acids is 1. The van der Waals surface area contributed by atoms with Gasteiger partial charge in [-0.2, -0.15) is 0 Å². The molecular weight excluding hydrogens is 298 g/mol. The number of rotatable bonds is 3. The maximum absolute atomic E-state index is 12.5. The Morgan fingerprint density at radius 1 is 1.17 bits per heavy atom. The van der Waals surface area contributed by atoms with Crippen LogP contribution in [0.15, 0.2) is 57.9 Å². The van der Waals surface area contributed by atoms with Crippen LogP contribution in [0.25, 0.3) is 11.0 Å². The molecule has 0 aliphatic heterocycles. The first-order chi connectivity index (χ1) is 11.0. The van der Waals surface area contributed by atoms with E-state index >= 15 is 0 Å². The van der Waals surface area contributed by atoms with Gasteiger partial charge in [0.15, 0.2) is 5.78 Å². The Balaban J connectivity index is 2.15. The van der Waals surface area contributed by atoms with E-state index in [9.17, 15) is 19.7 Å².